The Bertz CT molecular complexity index is 674. The first-order chi connectivity index (χ1) is 9.36. The van der Waals surface area contributed by atoms with E-state index in [1.54, 1.807) is 18.4 Å². The van der Waals surface area contributed by atoms with Crippen LogP contribution in [0.5, 0.6) is 11.5 Å². The molecule has 1 heterocycles. The zero-order valence-corrected chi connectivity index (χ0v) is 11.4. The van der Waals surface area contributed by atoms with Crippen molar-refractivity contribution in [2.45, 2.75) is 6.61 Å². The smallest absolute Gasteiger partial charge is 0.138 e. The molecule has 0 amide bonds. The van der Waals surface area contributed by atoms with E-state index in [-0.39, 0.29) is 0 Å². The molecule has 0 aliphatic carbocycles. The average Bonchev–Trinajstić information content (AvgIpc) is 2.88. The van der Waals surface area contributed by atoms with E-state index in [9.17, 15) is 0 Å². The number of hydrogen-bond donors (Lipinski definition) is 0. The van der Waals surface area contributed by atoms with Gasteiger partial charge < -0.3 is 9.47 Å². The first kappa shape index (κ1) is 12.1. The summed E-state index contributed by atoms with van der Waals surface area (Å²) in [5, 5.41) is 3.16. The lowest BCUT2D eigenvalue weighted by atomic mass is 10.2. The van der Waals surface area contributed by atoms with Crippen LogP contribution >= 0.6 is 11.3 Å². The van der Waals surface area contributed by atoms with Crippen LogP contribution in [0.4, 0.5) is 0 Å². The van der Waals surface area contributed by atoms with E-state index in [0.717, 1.165) is 16.9 Å². The third kappa shape index (κ3) is 2.56. The maximum Gasteiger partial charge on any atom is 0.138 e. The van der Waals surface area contributed by atoms with Crippen molar-refractivity contribution in [3.63, 3.8) is 0 Å². The molecule has 2 nitrogen and oxygen atoms in total. The Balaban J connectivity index is 1.84. The van der Waals surface area contributed by atoms with Crippen LogP contribution in [0.15, 0.2) is 53.9 Å². The van der Waals surface area contributed by atoms with E-state index in [2.05, 4.69) is 18.2 Å². The molecule has 0 saturated heterocycles. The molecule has 0 aliphatic rings. The van der Waals surface area contributed by atoms with Gasteiger partial charge >= 0.3 is 0 Å². The monoisotopic (exact) mass is 270 g/mol. The Morgan fingerprint density at radius 1 is 1.05 bits per heavy atom. The number of thiophene rings is 1. The fraction of sp³-hybridized carbons (Fsp3) is 0.125. The van der Waals surface area contributed by atoms with Gasteiger partial charge in [0.25, 0.3) is 0 Å². The minimum Gasteiger partial charge on any atom is -0.497 e. The predicted octanol–water partition coefficient (Wildman–Crippen LogP) is 4.49. The fourth-order valence-electron chi connectivity index (χ4n) is 1.96. The zero-order chi connectivity index (χ0) is 13.1. The van der Waals surface area contributed by atoms with E-state index < -0.39 is 0 Å². The largest absolute Gasteiger partial charge is 0.497 e. The number of rotatable bonds is 4. The van der Waals surface area contributed by atoms with Crippen molar-refractivity contribution in [2.75, 3.05) is 7.11 Å². The quantitative estimate of drug-likeness (QED) is 0.695. The van der Waals surface area contributed by atoms with Crippen LogP contribution in [0, 0.1) is 0 Å². The first-order valence-corrected chi connectivity index (χ1v) is 6.97. The molecule has 3 heteroatoms. The van der Waals surface area contributed by atoms with Crippen LogP contribution in [-0.4, -0.2) is 7.11 Å². The molecule has 0 bridgehead atoms. The highest BCUT2D eigenvalue weighted by Crippen LogP contribution is 2.35. The number of methoxy groups -OCH3 is 1. The molecule has 3 rings (SSSR count). The molecule has 0 atom stereocenters. The topological polar surface area (TPSA) is 18.5 Å². The SMILES string of the molecule is COc1ccc2scc(OCc3ccccc3)c2c1. The van der Waals surface area contributed by atoms with Crippen LogP contribution in [0.3, 0.4) is 0 Å². The highest BCUT2D eigenvalue weighted by atomic mass is 32.1. The van der Waals surface area contributed by atoms with E-state index in [1.807, 2.05) is 35.7 Å². The van der Waals surface area contributed by atoms with Crippen molar-refractivity contribution in [1.29, 1.82) is 0 Å². The van der Waals surface area contributed by atoms with Crippen LogP contribution in [-0.2, 0) is 6.61 Å². The second-order valence-corrected chi connectivity index (χ2v) is 5.15. The van der Waals surface area contributed by atoms with Crippen molar-refractivity contribution >= 4 is 21.4 Å². The van der Waals surface area contributed by atoms with Crippen molar-refractivity contribution in [1.82, 2.24) is 0 Å². The molecular formula is C16H14O2S. The Morgan fingerprint density at radius 2 is 1.89 bits per heavy atom. The summed E-state index contributed by atoms with van der Waals surface area (Å²) in [4.78, 5) is 0. The fourth-order valence-corrected chi connectivity index (χ4v) is 2.82. The Morgan fingerprint density at radius 3 is 2.68 bits per heavy atom. The summed E-state index contributed by atoms with van der Waals surface area (Å²) in [6.45, 7) is 0.587. The van der Waals surface area contributed by atoms with Gasteiger partial charge in [-0.25, -0.2) is 0 Å². The number of benzene rings is 2. The van der Waals surface area contributed by atoms with E-state index in [0.29, 0.717) is 6.61 Å². The highest BCUT2D eigenvalue weighted by molar-refractivity contribution is 7.17. The van der Waals surface area contributed by atoms with Gasteiger partial charge in [0.05, 0.1) is 7.11 Å². The van der Waals surface area contributed by atoms with Gasteiger partial charge in [-0.1, -0.05) is 30.3 Å². The lowest BCUT2D eigenvalue weighted by Crippen LogP contribution is -1.94. The normalized spacial score (nSPS) is 10.6. The molecule has 2 aromatic carbocycles. The van der Waals surface area contributed by atoms with Crippen LogP contribution in [0.25, 0.3) is 10.1 Å². The molecule has 0 N–H and O–H groups in total. The van der Waals surface area contributed by atoms with Gasteiger partial charge in [-0.3, -0.25) is 0 Å². The van der Waals surface area contributed by atoms with Crippen LogP contribution < -0.4 is 9.47 Å². The standard InChI is InChI=1S/C16H14O2S/c1-17-13-7-8-16-14(9-13)15(11-19-16)18-10-12-5-3-2-4-6-12/h2-9,11H,10H2,1H3. The number of ether oxygens (including phenoxy) is 2. The second-order valence-electron chi connectivity index (χ2n) is 4.24. The van der Waals surface area contributed by atoms with Crippen LogP contribution in [0.1, 0.15) is 5.56 Å². The van der Waals surface area contributed by atoms with Gasteiger partial charge in [0.1, 0.15) is 18.1 Å². The highest BCUT2D eigenvalue weighted by Gasteiger charge is 2.06. The Kier molecular flexibility index (Phi) is 3.38. The van der Waals surface area contributed by atoms with Crippen molar-refractivity contribution < 1.29 is 9.47 Å². The molecule has 0 fully saturated rings. The lowest BCUT2D eigenvalue weighted by Gasteiger charge is -2.05. The van der Waals surface area contributed by atoms with Gasteiger partial charge in [0.15, 0.2) is 0 Å². The zero-order valence-electron chi connectivity index (χ0n) is 10.6. The maximum absolute atomic E-state index is 5.90. The molecule has 0 radical (unpaired) electrons. The first-order valence-electron chi connectivity index (χ1n) is 6.09. The Hall–Kier alpha value is -2.00. The van der Waals surface area contributed by atoms with Gasteiger partial charge in [-0.2, -0.15) is 0 Å². The van der Waals surface area contributed by atoms with Gasteiger partial charge in [-0.15, -0.1) is 11.3 Å². The summed E-state index contributed by atoms with van der Waals surface area (Å²) in [5.41, 5.74) is 1.17. The summed E-state index contributed by atoms with van der Waals surface area (Å²) in [7, 11) is 1.68. The van der Waals surface area contributed by atoms with Crippen molar-refractivity contribution in [3.05, 3.63) is 59.5 Å². The molecular weight excluding hydrogens is 256 g/mol. The van der Waals surface area contributed by atoms with Crippen LogP contribution in [0.2, 0.25) is 0 Å². The molecule has 0 unspecified atom stereocenters. The second kappa shape index (κ2) is 5.33. The average molecular weight is 270 g/mol. The third-order valence-corrected chi connectivity index (χ3v) is 3.92. The molecule has 3 aromatic rings. The Labute approximate surface area is 116 Å². The van der Waals surface area contributed by atoms with Gasteiger partial charge in [0, 0.05) is 15.5 Å². The van der Waals surface area contributed by atoms with Gasteiger partial charge in [-0.05, 0) is 23.8 Å². The maximum atomic E-state index is 5.90. The summed E-state index contributed by atoms with van der Waals surface area (Å²) in [5.74, 6) is 1.78. The third-order valence-electron chi connectivity index (χ3n) is 2.98. The summed E-state index contributed by atoms with van der Waals surface area (Å²) < 4.78 is 12.4. The summed E-state index contributed by atoms with van der Waals surface area (Å²) >= 11 is 1.69. The minimum atomic E-state index is 0.587. The number of fused-ring (bicyclic) bond motifs is 1. The number of hydrogen-bond acceptors (Lipinski definition) is 3. The molecule has 96 valence electrons. The molecule has 0 spiro atoms. The van der Waals surface area contributed by atoms with E-state index in [1.165, 1.54) is 10.3 Å². The van der Waals surface area contributed by atoms with E-state index >= 15 is 0 Å². The predicted molar refractivity (Wildman–Crippen MR) is 79.2 cm³/mol. The molecule has 0 aliphatic heterocycles. The molecule has 0 saturated carbocycles. The van der Waals surface area contributed by atoms with E-state index in [4.69, 9.17) is 9.47 Å². The summed E-state index contributed by atoms with van der Waals surface area (Å²) in [6.07, 6.45) is 0. The molecule has 1 aromatic heterocycles. The van der Waals surface area contributed by atoms with Gasteiger partial charge in [0.2, 0.25) is 0 Å². The minimum absolute atomic E-state index is 0.587. The molecule has 19 heavy (non-hydrogen) atoms. The summed E-state index contributed by atoms with van der Waals surface area (Å²) in [6, 6.07) is 16.2. The van der Waals surface area contributed by atoms with Crippen molar-refractivity contribution in [3.8, 4) is 11.5 Å². The van der Waals surface area contributed by atoms with Crippen molar-refractivity contribution in [2.24, 2.45) is 0 Å². The lowest BCUT2D eigenvalue weighted by molar-refractivity contribution is 0.311.